The molecule has 1 N–H and O–H groups in total. The third kappa shape index (κ3) is 5.67. The summed E-state index contributed by atoms with van der Waals surface area (Å²) in [7, 11) is 0. The Hall–Kier alpha value is -3.14. The molecule has 1 amide bonds. The van der Waals surface area contributed by atoms with E-state index >= 15 is 0 Å². The Labute approximate surface area is 181 Å². The Bertz CT molecular complexity index is 1090. The zero-order chi connectivity index (χ0) is 20.6. The largest absolute Gasteiger partial charge is 0.488 e. The number of hydrogen-bond donors (Lipinski definition) is 1. The molecule has 0 spiro atoms. The summed E-state index contributed by atoms with van der Waals surface area (Å²) in [5, 5.41) is 13.8. The normalized spacial score (nSPS) is 10.5. The second-order valence-electron chi connectivity index (χ2n) is 5.95. The van der Waals surface area contributed by atoms with Gasteiger partial charge in [0.2, 0.25) is 0 Å². The third-order valence-corrected chi connectivity index (χ3v) is 4.71. The number of ether oxygens (including phenoxy) is 1. The number of nitrogens with zero attached hydrogens (tertiary/aromatic N) is 2. The number of carbonyl (C=O) groups is 1. The smallest absolute Gasteiger partial charge is 0.271 e. The number of nitrogens with one attached hydrogen (secondary N) is 1. The molecule has 3 rings (SSSR count). The van der Waals surface area contributed by atoms with E-state index in [4.69, 9.17) is 16.3 Å². The lowest BCUT2D eigenvalue weighted by Crippen LogP contribution is -2.17. The lowest BCUT2D eigenvalue weighted by molar-refractivity contribution is 0.0955. The van der Waals surface area contributed by atoms with Gasteiger partial charge in [0.25, 0.3) is 5.91 Å². The standard InChI is InChI=1S/C22H15BrClN3O2/c23-19-7-10-21(29-14-17-4-2-1-3-16(17)12-25)18(11-19)13-26-27-22(28)15-5-8-20(24)9-6-15/h1-11,13H,14H2,(H,27,28)/b26-13-. The van der Waals surface area contributed by atoms with Gasteiger partial charge in [0.15, 0.2) is 0 Å². The zero-order valence-electron chi connectivity index (χ0n) is 15.1. The molecule has 3 aromatic carbocycles. The maximum Gasteiger partial charge on any atom is 0.271 e. The fourth-order valence-corrected chi connectivity index (χ4v) is 2.99. The Morgan fingerprint density at radius 2 is 1.93 bits per heavy atom. The summed E-state index contributed by atoms with van der Waals surface area (Å²) in [6.07, 6.45) is 1.50. The molecular formula is C22H15BrClN3O2. The van der Waals surface area contributed by atoms with Crippen LogP contribution in [0.1, 0.15) is 27.0 Å². The second kappa shape index (κ2) is 9.87. The number of nitriles is 1. The minimum Gasteiger partial charge on any atom is -0.488 e. The molecule has 0 atom stereocenters. The molecule has 0 aliphatic rings. The van der Waals surface area contributed by atoms with Crippen LogP contribution in [-0.4, -0.2) is 12.1 Å². The predicted molar refractivity (Wildman–Crippen MR) is 116 cm³/mol. The summed E-state index contributed by atoms with van der Waals surface area (Å²) >= 11 is 9.25. The lowest BCUT2D eigenvalue weighted by atomic mass is 10.1. The van der Waals surface area contributed by atoms with Crippen LogP contribution in [0.4, 0.5) is 0 Å². The van der Waals surface area contributed by atoms with Crippen LogP contribution in [0.3, 0.4) is 0 Å². The molecular weight excluding hydrogens is 454 g/mol. The number of halogens is 2. The van der Waals surface area contributed by atoms with E-state index in [1.165, 1.54) is 6.21 Å². The Kier molecular flexibility index (Phi) is 7.01. The van der Waals surface area contributed by atoms with E-state index in [9.17, 15) is 10.1 Å². The molecule has 0 aromatic heterocycles. The van der Waals surface area contributed by atoms with Gasteiger partial charge in [-0.1, -0.05) is 45.7 Å². The van der Waals surface area contributed by atoms with Crippen molar-refractivity contribution < 1.29 is 9.53 Å². The van der Waals surface area contributed by atoms with E-state index in [1.54, 1.807) is 36.4 Å². The van der Waals surface area contributed by atoms with Crippen molar-refractivity contribution in [2.24, 2.45) is 5.10 Å². The van der Waals surface area contributed by atoms with Crippen molar-refractivity contribution >= 4 is 39.7 Å². The summed E-state index contributed by atoms with van der Waals surface area (Å²) in [6, 6.07) is 21.4. The highest BCUT2D eigenvalue weighted by Gasteiger charge is 2.07. The van der Waals surface area contributed by atoms with Crippen LogP contribution < -0.4 is 10.2 Å². The van der Waals surface area contributed by atoms with Crippen LogP contribution in [0, 0.1) is 11.3 Å². The van der Waals surface area contributed by atoms with Gasteiger partial charge in [-0.25, -0.2) is 5.43 Å². The first-order valence-corrected chi connectivity index (χ1v) is 9.73. The van der Waals surface area contributed by atoms with Crippen molar-refractivity contribution in [2.75, 3.05) is 0 Å². The molecule has 0 saturated heterocycles. The van der Waals surface area contributed by atoms with Crippen molar-refractivity contribution in [3.05, 3.63) is 98.5 Å². The number of benzene rings is 3. The molecule has 0 radical (unpaired) electrons. The fraction of sp³-hybridized carbons (Fsp3) is 0.0455. The van der Waals surface area contributed by atoms with Crippen molar-refractivity contribution in [3.63, 3.8) is 0 Å². The minimum absolute atomic E-state index is 0.239. The number of rotatable bonds is 6. The van der Waals surface area contributed by atoms with Crippen molar-refractivity contribution in [3.8, 4) is 11.8 Å². The molecule has 0 unspecified atom stereocenters. The molecule has 0 aliphatic carbocycles. The summed E-state index contributed by atoms with van der Waals surface area (Å²) in [6.45, 7) is 0.239. The lowest BCUT2D eigenvalue weighted by Gasteiger charge is -2.10. The van der Waals surface area contributed by atoms with Crippen molar-refractivity contribution in [1.29, 1.82) is 5.26 Å². The van der Waals surface area contributed by atoms with Crippen LogP contribution >= 0.6 is 27.5 Å². The molecule has 5 nitrogen and oxygen atoms in total. The van der Waals surface area contributed by atoms with Gasteiger partial charge >= 0.3 is 0 Å². The van der Waals surface area contributed by atoms with E-state index in [1.807, 2.05) is 30.3 Å². The van der Waals surface area contributed by atoms with Gasteiger partial charge in [0.1, 0.15) is 12.4 Å². The Morgan fingerprint density at radius 3 is 2.69 bits per heavy atom. The summed E-state index contributed by atoms with van der Waals surface area (Å²) in [5.74, 6) is 0.226. The number of amides is 1. The average molecular weight is 469 g/mol. The molecule has 0 saturated carbocycles. The van der Waals surface area contributed by atoms with Crippen LogP contribution in [0.15, 0.2) is 76.3 Å². The van der Waals surface area contributed by atoms with Crippen molar-refractivity contribution in [1.82, 2.24) is 5.43 Å². The number of hydrazone groups is 1. The number of carbonyl (C=O) groups excluding carboxylic acids is 1. The second-order valence-corrected chi connectivity index (χ2v) is 7.30. The first-order valence-electron chi connectivity index (χ1n) is 8.56. The molecule has 0 bridgehead atoms. The predicted octanol–water partition coefficient (Wildman–Crippen LogP) is 5.32. The van der Waals surface area contributed by atoms with Crippen LogP contribution in [-0.2, 0) is 6.61 Å². The van der Waals surface area contributed by atoms with E-state index in [2.05, 4.69) is 32.5 Å². The minimum atomic E-state index is -0.349. The summed E-state index contributed by atoms with van der Waals surface area (Å²) in [4.78, 5) is 12.1. The summed E-state index contributed by atoms with van der Waals surface area (Å²) in [5.41, 5.74) is 4.95. The molecule has 0 aliphatic heterocycles. The van der Waals surface area contributed by atoms with Crippen LogP contribution in [0.5, 0.6) is 5.75 Å². The third-order valence-electron chi connectivity index (χ3n) is 3.97. The van der Waals surface area contributed by atoms with E-state index in [-0.39, 0.29) is 12.5 Å². The Morgan fingerprint density at radius 1 is 1.17 bits per heavy atom. The maximum atomic E-state index is 12.1. The molecule has 144 valence electrons. The van der Waals surface area contributed by atoms with Gasteiger partial charge in [-0.2, -0.15) is 10.4 Å². The van der Waals surface area contributed by atoms with E-state index < -0.39 is 0 Å². The van der Waals surface area contributed by atoms with Crippen LogP contribution in [0.25, 0.3) is 0 Å². The summed E-state index contributed by atoms with van der Waals surface area (Å²) < 4.78 is 6.73. The highest BCUT2D eigenvalue weighted by molar-refractivity contribution is 9.10. The van der Waals surface area contributed by atoms with E-state index in [0.29, 0.717) is 27.5 Å². The number of hydrogen-bond acceptors (Lipinski definition) is 4. The van der Waals surface area contributed by atoms with Gasteiger partial charge in [-0.05, 0) is 48.5 Å². The fourth-order valence-electron chi connectivity index (χ4n) is 2.49. The topological polar surface area (TPSA) is 74.5 Å². The maximum absolute atomic E-state index is 12.1. The van der Waals surface area contributed by atoms with Crippen LogP contribution in [0.2, 0.25) is 5.02 Å². The first kappa shape index (κ1) is 20.6. The Balaban J connectivity index is 1.71. The molecule has 29 heavy (non-hydrogen) atoms. The van der Waals surface area contributed by atoms with E-state index in [0.717, 1.165) is 10.0 Å². The monoisotopic (exact) mass is 467 g/mol. The molecule has 0 fully saturated rings. The van der Waals surface area contributed by atoms with Gasteiger partial charge in [-0.15, -0.1) is 0 Å². The van der Waals surface area contributed by atoms with Crippen molar-refractivity contribution in [2.45, 2.75) is 6.61 Å². The average Bonchev–Trinajstić information content (AvgIpc) is 2.73. The quantitative estimate of drug-likeness (QED) is 0.393. The molecule has 7 heteroatoms. The van der Waals surface area contributed by atoms with Gasteiger partial charge in [0.05, 0.1) is 17.8 Å². The van der Waals surface area contributed by atoms with Gasteiger partial charge in [0, 0.05) is 26.2 Å². The molecule has 3 aromatic rings. The first-order chi connectivity index (χ1) is 14.1. The SMILES string of the molecule is N#Cc1ccccc1COc1ccc(Br)cc1/C=N\NC(=O)c1ccc(Cl)cc1. The zero-order valence-corrected chi connectivity index (χ0v) is 17.4. The highest BCUT2D eigenvalue weighted by atomic mass is 79.9. The highest BCUT2D eigenvalue weighted by Crippen LogP contribution is 2.23. The molecule has 0 heterocycles. The van der Waals surface area contributed by atoms with Gasteiger partial charge in [-0.3, -0.25) is 4.79 Å². The van der Waals surface area contributed by atoms with Gasteiger partial charge < -0.3 is 4.74 Å².